The highest BCUT2D eigenvalue weighted by Crippen LogP contribution is 3.04. The van der Waals surface area contributed by atoms with E-state index in [1.165, 1.54) is 5.75 Å². The molecular weight excluding hydrogens is 132 g/mol. The standard InChI is InChI=1S/C3H2S3/c1-2-3(4-1,5-2)6-2/h1H2. The summed E-state index contributed by atoms with van der Waals surface area (Å²) in [7, 11) is 0. The van der Waals surface area contributed by atoms with E-state index >= 15 is 0 Å². The lowest BCUT2D eigenvalue weighted by Gasteiger charge is -1.97. The molecule has 3 aliphatic heterocycles. The zero-order valence-corrected chi connectivity index (χ0v) is 5.38. The summed E-state index contributed by atoms with van der Waals surface area (Å²) in [5, 5.41) is 0. The van der Waals surface area contributed by atoms with Crippen molar-refractivity contribution in [2.45, 2.75) is 7.49 Å². The normalized spacial score (nSPS) is 80.0. The Bertz CT molecular complexity index is 99.0. The Kier molecular flexibility index (Phi) is 0.279. The first-order chi connectivity index (χ1) is 2.87. The van der Waals surface area contributed by atoms with Crippen molar-refractivity contribution in [3.05, 3.63) is 0 Å². The quantitative estimate of drug-likeness (QED) is 0.462. The summed E-state index contributed by atoms with van der Waals surface area (Å²) >= 11 is 6.45. The van der Waals surface area contributed by atoms with Crippen molar-refractivity contribution in [3.63, 3.8) is 0 Å². The van der Waals surface area contributed by atoms with Crippen LogP contribution in [0.25, 0.3) is 0 Å². The number of hydrogen-bond donors (Lipinski definition) is 0. The van der Waals surface area contributed by atoms with Crippen LogP contribution in [-0.4, -0.2) is 13.2 Å². The monoisotopic (exact) mass is 134 g/mol. The Labute approximate surface area is 48.8 Å². The second-order valence-corrected chi connectivity index (χ2v) is 7.05. The maximum atomic E-state index is 2.16. The summed E-state index contributed by atoms with van der Waals surface area (Å²) in [5.41, 5.74) is 0. The first kappa shape index (κ1) is 3.15. The van der Waals surface area contributed by atoms with Gasteiger partial charge in [0.05, 0.1) is 0 Å². The predicted molar refractivity (Wildman–Crippen MR) is 33.1 cm³/mol. The third kappa shape index (κ3) is 0.132. The molecule has 3 aliphatic rings. The molecule has 32 valence electrons. The zero-order chi connectivity index (χ0) is 3.83. The molecule has 0 aliphatic carbocycles. The van der Waals surface area contributed by atoms with Gasteiger partial charge in [-0.2, -0.15) is 0 Å². The largest absolute Gasteiger partial charge is 0.134 e. The second-order valence-electron chi connectivity index (χ2n) is 1.80. The molecule has 0 bridgehead atoms. The third-order valence-electron chi connectivity index (χ3n) is 1.43. The Hall–Kier alpha value is 1.05. The smallest absolute Gasteiger partial charge is 0.129 e. The lowest BCUT2D eigenvalue weighted by Crippen LogP contribution is -2.04. The molecule has 3 heterocycles. The lowest BCUT2D eigenvalue weighted by atomic mass is 10.5. The molecule has 0 radical (unpaired) electrons. The lowest BCUT2D eigenvalue weighted by molar-refractivity contribution is 1.15. The van der Waals surface area contributed by atoms with Gasteiger partial charge in [0.2, 0.25) is 0 Å². The van der Waals surface area contributed by atoms with Crippen molar-refractivity contribution in [3.8, 4) is 0 Å². The van der Waals surface area contributed by atoms with Gasteiger partial charge in [-0.05, 0) is 0 Å². The van der Waals surface area contributed by atoms with Gasteiger partial charge in [-0.1, -0.05) is 0 Å². The first-order valence-corrected chi connectivity index (χ1v) is 4.53. The topological polar surface area (TPSA) is 0 Å². The fraction of sp³-hybridized carbons (Fsp3) is 1.00. The molecule has 0 aromatic carbocycles. The minimum Gasteiger partial charge on any atom is -0.129 e. The van der Waals surface area contributed by atoms with Gasteiger partial charge in [0, 0.05) is 5.75 Å². The Morgan fingerprint density at radius 3 is 2.00 bits per heavy atom. The molecule has 3 heteroatoms. The Balaban J connectivity index is 2.32. The summed E-state index contributed by atoms with van der Waals surface area (Å²) in [6.45, 7) is 0. The maximum Gasteiger partial charge on any atom is 0.134 e. The molecule has 0 amide bonds. The molecule has 3 fully saturated rings. The fourth-order valence-electron chi connectivity index (χ4n) is 0.816. The van der Waals surface area contributed by atoms with E-state index in [-0.39, 0.29) is 0 Å². The average molecular weight is 134 g/mol. The van der Waals surface area contributed by atoms with Gasteiger partial charge in [0.25, 0.3) is 0 Å². The van der Waals surface area contributed by atoms with Crippen molar-refractivity contribution in [2.75, 3.05) is 5.75 Å². The van der Waals surface area contributed by atoms with Gasteiger partial charge in [-0.25, -0.2) is 0 Å². The molecule has 0 aromatic heterocycles. The van der Waals surface area contributed by atoms with Crippen LogP contribution in [0.3, 0.4) is 0 Å². The van der Waals surface area contributed by atoms with Gasteiger partial charge in [-0.15, -0.1) is 35.3 Å². The van der Waals surface area contributed by atoms with Crippen LogP contribution in [-0.2, 0) is 0 Å². The summed E-state index contributed by atoms with van der Waals surface area (Å²) in [4.78, 5) is 0. The molecule has 0 unspecified atom stereocenters. The summed E-state index contributed by atoms with van der Waals surface area (Å²) in [5.74, 6) is 1.43. The van der Waals surface area contributed by atoms with Gasteiger partial charge >= 0.3 is 0 Å². The Morgan fingerprint density at radius 1 is 1.33 bits per heavy atom. The highest BCUT2D eigenvalue weighted by Gasteiger charge is 2.94. The van der Waals surface area contributed by atoms with E-state index in [0.717, 1.165) is 7.49 Å². The maximum absolute atomic E-state index is 2.16. The summed E-state index contributed by atoms with van der Waals surface area (Å²) in [6, 6.07) is 0. The summed E-state index contributed by atoms with van der Waals surface area (Å²) in [6.07, 6.45) is 0. The van der Waals surface area contributed by atoms with Crippen LogP contribution in [0.5, 0.6) is 0 Å². The highest BCUT2D eigenvalue weighted by atomic mass is 32.3. The van der Waals surface area contributed by atoms with Gasteiger partial charge in [0.15, 0.2) is 0 Å². The van der Waals surface area contributed by atoms with Crippen LogP contribution in [0, 0.1) is 0 Å². The van der Waals surface area contributed by atoms with Crippen LogP contribution in [0.4, 0.5) is 0 Å². The Morgan fingerprint density at radius 2 is 2.00 bits per heavy atom. The van der Waals surface area contributed by atoms with Crippen molar-refractivity contribution < 1.29 is 0 Å². The van der Waals surface area contributed by atoms with Crippen LogP contribution in [0.1, 0.15) is 0 Å². The molecule has 6 heavy (non-hydrogen) atoms. The summed E-state index contributed by atoms with van der Waals surface area (Å²) < 4.78 is 1.62. The fourth-order valence-corrected chi connectivity index (χ4v) is 7.09. The van der Waals surface area contributed by atoms with Crippen molar-refractivity contribution in [1.29, 1.82) is 0 Å². The molecule has 0 aromatic rings. The van der Waals surface area contributed by atoms with Crippen molar-refractivity contribution in [1.82, 2.24) is 0 Å². The van der Waals surface area contributed by atoms with E-state index in [1.807, 2.05) is 0 Å². The van der Waals surface area contributed by atoms with Crippen LogP contribution in [0.15, 0.2) is 0 Å². The molecule has 3 rings (SSSR count). The molecular formula is C3H2S3. The molecule has 0 N–H and O–H groups in total. The third-order valence-corrected chi connectivity index (χ3v) is 8.22. The predicted octanol–water partition coefficient (Wildman–Crippen LogP) is 1.58. The van der Waals surface area contributed by atoms with Crippen molar-refractivity contribution >= 4 is 35.3 Å². The number of rotatable bonds is 0. The molecule has 0 atom stereocenters. The van der Waals surface area contributed by atoms with E-state index in [0.29, 0.717) is 0 Å². The first-order valence-electron chi connectivity index (χ1n) is 1.91. The number of thioether (sulfide) groups is 3. The van der Waals surface area contributed by atoms with Crippen LogP contribution in [0.2, 0.25) is 0 Å². The number of hydrogen-bond acceptors (Lipinski definition) is 3. The minimum atomic E-state index is 0.785. The van der Waals surface area contributed by atoms with Crippen LogP contribution < -0.4 is 0 Å². The van der Waals surface area contributed by atoms with Gasteiger partial charge in [0.1, 0.15) is 7.49 Å². The van der Waals surface area contributed by atoms with E-state index in [2.05, 4.69) is 35.3 Å². The molecule has 0 nitrogen and oxygen atoms in total. The highest BCUT2D eigenvalue weighted by molar-refractivity contribution is 8.61. The zero-order valence-electron chi connectivity index (χ0n) is 2.93. The van der Waals surface area contributed by atoms with E-state index in [1.54, 1.807) is 0 Å². The van der Waals surface area contributed by atoms with Crippen LogP contribution >= 0.6 is 35.3 Å². The van der Waals surface area contributed by atoms with E-state index < -0.39 is 0 Å². The van der Waals surface area contributed by atoms with E-state index in [9.17, 15) is 0 Å². The van der Waals surface area contributed by atoms with E-state index in [4.69, 9.17) is 0 Å². The second kappa shape index (κ2) is 0.531. The average Bonchev–Trinajstić information content (AvgIpc) is 1.73. The molecule has 3 saturated heterocycles. The molecule has 0 spiro atoms. The minimum absolute atomic E-state index is 0.785. The molecule has 0 saturated carbocycles. The van der Waals surface area contributed by atoms with Crippen molar-refractivity contribution in [2.24, 2.45) is 0 Å². The SMILES string of the molecule is C1SC23SC12S3. The van der Waals surface area contributed by atoms with Gasteiger partial charge in [-0.3, -0.25) is 0 Å². The van der Waals surface area contributed by atoms with Gasteiger partial charge < -0.3 is 0 Å².